The highest BCUT2D eigenvalue weighted by Crippen LogP contribution is 2.41. The summed E-state index contributed by atoms with van der Waals surface area (Å²) in [7, 11) is 0. The van der Waals surface area contributed by atoms with Gasteiger partial charge in [0.25, 0.3) is 0 Å². The van der Waals surface area contributed by atoms with Gasteiger partial charge in [0, 0.05) is 13.1 Å². The molecule has 1 aliphatic rings. The van der Waals surface area contributed by atoms with Crippen molar-refractivity contribution in [2.24, 2.45) is 5.92 Å². The zero-order valence-corrected chi connectivity index (χ0v) is 15.7. The molecule has 1 saturated heterocycles. The number of carbonyl (C=O) groups is 1. The minimum atomic E-state index is -1.22. The van der Waals surface area contributed by atoms with Gasteiger partial charge >= 0.3 is 5.97 Å². The van der Waals surface area contributed by atoms with Gasteiger partial charge in [0.15, 0.2) is 10.8 Å². The number of piperidine rings is 1. The first-order valence-electron chi connectivity index (χ1n) is 8.04. The van der Waals surface area contributed by atoms with E-state index in [0.717, 1.165) is 32.4 Å². The molecular weight excluding hydrogens is 383 g/mol. The predicted octanol–water partition coefficient (Wildman–Crippen LogP) is 5.20. The standard InChI is InChI=1S/C18H17Cl3N2O2/c19-13-15(18(24)25)22-17(21)14(20)16(13)23-8-6-12(7-9-23)10-11-4-2-1-3-5-11/h1-5,12H,6-10H2,(H,24,25). The van der Waals surface area contributed by atoms with Gasteiger partial charge in [0.1, 0.15) is 5.02 Å². The summed E-state index contributed by atoms with van der Waals surface area (Å²) in [6, 6.07) is 10.4. The second kappa shape index (κ2) is 7.81. The molecule has 1 N–H and O–H groups in total. The molecule has 25 heavy (non-hydrogen) atoms. The second-order valence-electron chi connectivity index (χ2n) is 6.15. The summed E-state index contributed by atoms with van der Waals surface area (Å²) in [6.45, 7) is 1.49. The molecule has 0 spiro atoms. The SMILES string of the molecule is O=C(O)c1nc(Cl)c(Cl)c(N2CCC(Cc3ccccc3)CC2)c1Cl. The van der Waals surface area contributed by atoms with Crippen LogP contribution in [-0.4, -0.2) is 29.1 Å². The number of pyridine rings is 1. The van der Waals surface area contributed by atoms with Crippen molar-refractivity contribution < 1.29 is 9.90 Å². The van der Waals surface area contributed by atoms with Gasteiger partial charge in [-0.3, -0.25) is 0 Å². The predicted molar refractivity (Wildman–Crippen MR) is 101 cm³/mol. The van der Waals surface area contributed by atoms with Gasteiger partial charge in [-0.05, 0) is 30.7 Å². The van der Waals surface area contributed by atoms with Crippen LogP contribution in [0.25, 0.3) is 0 Å². The Morgan fingerprint density at radius 3 is 2.36 bits per heavy atom. The van der Waals surface area contributed by atoms with E-state index in [9.17, 15) is 9.90 Å². The molecule has 0 unspecified atom stereocenters. The minimum absolute atomic E-state index is 0.0372. The molecule has 0 aliphatic carbocycles. The number of benzene rings is 1. The lowest BCUT2D eigenvalue weighted by Gasteiger charge is -2.35. The van der Waals surface area contributed by atoms with Crippen LogP contribution in [0.5, 0.6) is 0 Å². The molecule has 0 radical (unpaired) electrons. The van der Waals surface area contributed by atoms with E-state index in [1.807, 2.05) is 11.0 Å². The van der Waals surface area contributed by atoms with Crippen molar-refractivity contribution in [1.29, 1.82) is 0 Å². The summed E-state index contributed by atoms with van der Waals surface area (Å²) < 4.78 is 0. The molecular formula is C18H17Cl3N2O2. The monoisotopic (exact) mass is 398 g/mol. The maximum Gasteiger partial charge on any atom is 0.356 e. The smallest absolute Gasteiger partial charge is 0.356 e. The Morgan fingerprint density at radius 1 is 1.12 bits per heavy atom. The lowest BCUT2D eigenvalue weighted by molar-refractivity contribution is 0.0690. The second-order valence-corrected chi connectivity index (χ2v) is 7.27. The highest BCUT2D eigenvalue weighted by Gasteiger charge is 2.27. The maximum absolute atomic E-state index is 11.3. The van der Waals surface area contributed by atoms with Gasteiger partial charge in [-0.2, -0.15) is 0 Å². The van der Waals surface area contributed by atoms with Crippen LogP contribution in [0.1, 0.15) is 28.9 Å². The number of hydrogen-bond donors (Lipinski definition) is 1. The van der Waals surface area contributed by atoms with Crippen molar-refractivity contribution in [3.05, 3.63) is 56.8 Å². The van der Waals surface area contributed by atoms with E-state index < -0.39 is 5.97 Å². The van der Waals surface area contributed by atoms with Crippen LogP contribution < -0.4 is 4.90 Å². The third-order valence-electron chi connectivity index (χ3n) is 4.52. The summed E-state index contributed by atoms with van der Waals surface area (Å²) >= 11 is 18.5. The molecule has 1 aromatic carbocycles. The van der Waals surface area contributed by atoms with Crippen molar-refractivity contribution in [2.45, 2.75) is 19.3 Å². The first kappa shape index (κ1) is 18.3. The van der Waals surface area contributed by atoms with Crippen LogP contribution in [0.2, 0.25) is 15.2 Å². The summed E-state index contributed by atoms with van der Waals surface area (Å²) in [5.74, 6) is -0.642. The first-order chi connectivity index (χ1) is 12.0. The molecule has 0 atom stereocenters. The highest BCUT2D eigenvalue weighted by atomic mass is 35.5. The number of anilines is 1. The van der Waals surface area contributed by atoms with E-state index in [1.54, 1.807) is 0 Å². The molecule has 0 amide bonds. The molecule has 7 heteroatoms. The third kappa shape index (κ3) is 4.02. The molecule has 0 saturated carbocycles. The summed E-state index contributed by atoms with van der Waals surface area (Å²) in [5.41, 5.74) is 1.54. The Morgan fingerprint density at radius 2 is 1.76 bits per heavy atom. The maximum atomic E-state index is 11.3. The topological polar surface area (TPSA) is 53.4 Å². The lowest BCUT2D eigenvalue weighted by Crippen LogP contribution is -2.35. The number of halogens is 3. The zero-order valence-electron chi connectivity index (χ0n) is 13.4. The largest absolute Gasteiger partial charge is 0.476 e. The average molecular weight is 400 g/mol. The Labute approximate surface area is 161 Å². The fraction of sp³-hybridized carbons (Fsp3) is 0.333. The van der Waals surface area contributed by atoms with Crippen LogP contribution in [0.15, 0.2) is 30.3 Å². The van der Waals surface area contributed by atoms with Crippen LogP contribution in [0.3, 0.4) is 0 Å². The van der Waals surface area contributed by atoms with Crippen LogP contribution in [0.4, 0.5) is 5.69 Å². The fourth-order valence-corrected chi connectivity index (χ4v) is 4.05. The molecule has 132 valence electrons. The van der Waals surface area contributed by atoms with E-state index in [2.05, 4.69) is 29.2 Å². The molecule has 3 rings (SSSR count). The van der Waals surface area contributed by atoms with Gasteiger partial charge < -0.3 is 10.0 Å². The fourth-order valence-electron chi connectivity index (χ4n) is 3.23. The van der Waals surface area contributed by atoms with Gasteiger partial charge in [-0.25, -0.2) is 9.78 Å². The quantitative estimate of drug-likeness (QED) is 0.718. The lowest BCUT2D eigenvalue weighted by atomic mass is 9.90. The highest BCUT2D eigenvalue weighted by molar-refractivity contribution is 6.46. The van der Waals surface area contributed by atoms with Crippen LogP contribution >= 0.6 is 34.8 Å². The van der Waals surface area contributed by atoms with E-state index in [1.165, 1.54) is 5.56 Å². The molecule has 1 fully saturated rings. The molecule has 4 nitrogen and oxygen atoms in total. The molecule has 1 aromatic heterocycles. The van der Waals surface area contributed by atoms with Gasteiger partial charge in [-0.15, -0.1) is 0 Å². The van der Waals surface area contributed by atoms with Crippen molar-refractivity contribution >= 4 is 46.5 Å². The van der Waals surface area contributed by atoms with Crippen molar-refractivity contribution in [1.82, 2.24) is 4.98 Å². The summed E-state index contributed by atoms with van der Waals surface area (Å²) in [6.07, 6.45) is 2.99. The minimum Gasteiger partial charge on any atom is -0.476 e. The number of carboxylic acids is 1. The van der Waals surface area contributed by atoms with E-state index in [4.69, 9.17) is 34.8 Å². The molecule has 0 bridgehead atoms. The van der Waals surface area contributed by atoms with Crippen molar-refractivity contribution in [3.63, 3.8) is 0 Å². The normalized spacial score (nSPS) is 15.4. The average Bonchev–Trinajstić information content (AvgIpc) is 2.60. The van der Waals surface area contributed by atoms with Crippen molar-refractivity contribution in [2.75, 3.05) is 18.0 Å². The number of hydrogen-bond acceptors (Lipinski definition) is 3. The van der Waals surface area contributed by atoms with Crippen LogP contribution in [-0.2, 0) is 6.42 Å². The molecule has 2 aromatic rings. The number of rotatable bonds is 4. The zero-order chi connectivity index (χ0) is 18.0. The Hall–Kier alpha value is -1.49. The number of carboxylic acid groups (broad SMARTS) is 1. The third-order valence-corrected chi connectivity index (χ3v) is 5.60. The molecule has 2 heterocycles. The van der Waals surface area contributed by atoms with E-state index in [0.29, 0.717) is 11.6 Å². The van der Waals surface area contributed by atoms with Gasteiger partial charge in [0.2, 0.25) is 0 Å². The summed E-state index contributed by atoms with van der Waals surface area (Å²) in [5, 5.41) is 9.46. The Balaban J connectivity index is 1.76. The number of nitrogens with zero attached hydrogens (tertiary/aromatic N) is 2. The van der Waals surface area contributed by atoms with Gasteiger partial charge in [0.05, 0.1) is 10.7 Å². The van der Waals surface area contributed by atoms with Gasteiger partial charge in [-0.1, -0.05) is 65.1 Å². The van der Waals surface area contributed by atoms with Crippen molar-refractivity contribution in [3.8, 4) is 0 Å². The Bertz CT molecular complexity index is 776. The van der Waals surface area contributed by atoms with E-state index >= 15 is 0 Å². The first-order valence-corrected chi connectivity index (χ1v) is 9.17. The van der Waals surface area contributed by atoms with Crippen LogP contribution in [0, 0.1) is 5.92 Å². The summed E-state index contributed by atoms with van der Waals surface area (Å²) in [4.78, 5) is 17.1. The Kier molecular flexibility index (Phi) is 5.72. The number of aromatic nitrogens is 1. The van der Waals surface area contributed by atoms with E-state index in [-0.39, 0.29) is 20.9 Å². The number of aromatic carboxylic acids is 1. The molecule has 1 aliphatic heterocycles.